The summed E-state index contributed by atoms with van der Waals surface area (Å²) in [5.74, 6) is -1.20. The average molecular weight is 201 g/mol. The van der Waals surface area contributed by atoms with Crippen molar-refractivity contribution in [2.75, 3.05) is 12.8 Å². The van der Waals surface area contributed by atoms with Crippen molar-refractivity contribution in [2.24, 2.45) is 5.16 Å². The van der Waals surface area contributed by atoms with Gasteiger partial charge in [-0.3, -0.25) is 0 Å². The number of carbonyl (C=O) groups is 1. The minimum absolute atomic E-state index is 0.229. The van der Waals surface area contributed by atoms with Crippen LogP contribution in [0, 0.1) is 0 Å². The third-order valence-corrected chi connectivity index (χ3v) is 1.94. The van der Waals surface area contributed by atoms with Gasteiger partial charge in [0.05, 0.1) is 6.20 Å². The second-order valence-corrected chi connectivity index (χ2v) is 3.06. The van der Waals surface area contributed by atoms with Crippen LogP contribution in [0.2, 0.25) is 0 Å². The molecule has 0 fully saturated rings. The molecule has 70 valence electrons. The lowest BCUT2D eigenvalue weighted by Crippen LogP contribution is -2.14. The van der Waals surface area contributed by atoms with E-state index < -0.39 is 5.97 Å². The number of hydrogen-bond donors (Lipinski definition) is 2. The van der Waals surface area contributed by atoms with Crippen LogP contribution in [0.15, 0.2) is 11.4 Å². The summed E-state index contributed by atoms with van der Waals surface area (Å²) in [6, 6.07) is 0. The number of hydrogen-bond acceptors (Lipinski definition) is 6. The molecule has 0 atom stereocenters. The molecule has 1 heterocycles. The molecule has 0 radical (unpaired) electrons. The maximum Gasteiger partial charge on any atom is 0.361 e. The fourth-order valence-electron chi connectivity index (χ4n) is 0.657. The minimum Gasteiger partial charge on any atom is -0.476 e. The number of carboxylic acids is 1. The molecule has 0 aliphatic heterocycles. The third-order valence-electron chi connectivity index (χ3n) is 1.11. The lowest BCUT2D eigenvalue weighted by Gasteiger charge is -1.93. The lowest BCUT2D eigenvalue weighted by molar-refractivity contribution is -0.129. The van der Waals surface area contributed by atoms with E-state index in [0.717, 1.165) is 11.3 Å². The molecule has 0 spiro atoms. The van der Waals surface area contributed by atoms with Gasteiger partial charge in [-0.1, -0.05) is 16.5 Å². The van der Waals surface area contributed by atoms with Gasteiger partial charge in [0.2, 0.25) is 5.71 Å². The summed E-state index contributed by atoms with van der Waals surface area (Å²) in [6.45, 7) is 0. The van der Waals surface area contributed by atoms with Crippen LogP contribution in [0.5, 0.6) is 0 Å². The standard InChI is InChI=1S/C6H7N3O3S/c1-12-9-4(6(10)11)5-8-2-3(7)13-5/h2H,7H2,1H3,(H,10,11)/b9-4-. The zero-order valence-corrected chi connectivity index (χ0v) is 7.54. The molecule has 6 nitrogen and oxygen atoms in total. The van der Waals surface area contributed by atoms with Crippen LogP contribution in [0.3, 0.4) is 0 Å². The highest BCUT2D eigenvalue weighted by molar-refractivity contribution is 7.18. The van der Waals surface area contributed by atoms with Crippen molar-refractivity contribution >= 4 is 28.0 Å². The molecule has 0 saturated heterocycles. The number of nitrogens with zero attached hydrogens (tertiary/aromatic N) is 2. The Balaban J connectivity index is 3.02. The van der Waals surface area contributed by atoms with Gasteiger partial charge >= 0.3 is 5.97 Å². The van der Waals surface area contributed by atoms with Crippen LogP contribution in [0.1, 0.15) is 5.01 Å². The van der Waals surface area contributed by atoms with Gasteiger partial charge in [0, 0.05) is 0 Å². The van der Waals surface area contributed by atoms with Crippen molar-refractivity contribution in [3.8, 4) is 0 Å². The smallest absolute Gasteiger partial charge is 0.361 e. The SMILES string of the molecule is CO/N=C(\C(=O)O)c1ncc(N)s1. The van der Waals surface area contributed by atoms with E-state index in [9.17, 15) is 4.79 Å². The molecule has 13 heavy (non-hydrogen) atoms. The zero-order chi connectivity index (χ0) is 9.84. The highest BCUT2D eigenvalue weighted by Crippen LogP contribution is 2.15. The predicted molar refractivity (Wildman–Crippen MR) is 47.7 cm³/mol. The van der Waals surface area contributed by atoms with Gasteiger partial charge in [-0.2, -0.15) is 0 Å². The van der Waals surface area contributed by atoms with Crippen LogP contribution >= 0.6 is 11.3 Å². The Kier molecular flexibility index (Phi) is 2.80. The van der Waals surface area contributed by atoms with Gasteiger partial charge in [0.15, 0.2) is 5.01 Å². The van der Waals surface area contributed by atoms with Crippen LogP contribution < -0.4 is 5.73 Å². The van der Waals surface area contributed by atoms with Crippen molar-refractivity contribution in [3.63, 3.8) is 0 Å². The van der Waals surface area contributed by atoms with E-state index in [0.29, 0.717) is 5.00 Å². The van der Waals surface area contributed by atoms with Crippen LogP contribution in [0.4, 0.5) is 5.00 Å². The summed E-state index contributed by atoms with van der Waals surface area (Å²) >= 11 is 1.04. The van der Waals surface area contributed by atoms with Crippen LogP contribution in [-0.4, -0.2) is 28.9 Å². The lowest BCUT2D eigenvalue weighted by atomic mass is 10.4. The van der Waals surface area contributed by atoms with E-state index >= 15 is 0 Å². The zero-order valence-electron chi connectivity index (χ0n) is 6.72. The Morgan fingerprint density at radius 2 is 2.54 bits per heavy atom. The van der Waals surface area contributed by atoms with Gasteiger partial charge in [-0.25, -0.2) is 9.78 Å². The molecule has 7 heteroatoms. The number of rotatable bonds is 3. The van der Waals surface area contributed by atoms with E-state index in [1.54, 1.807) is 0 Å². The maximum absolute atomic E-state index is 10.6. The van der Waals surface area contributed by atoms with Crippen molar-refractivity contribution in [1.29, 1.82) is 0 Å². The Morgan fingerprint density at radius 3 is 2.92 bits per heavy atom. The molecule has 1 aromatic rings. The molecule has 1 rings (SSSR count). The van der Waals surface area contributed by atoms with Gasteiger partial charge in [-0.15, -0.1) is 0 Å². The fourth-order valence-corrected chi connectivity index (χ4v) is 1.31. The van der Waals surface area contributed by atoms with Gasteiger partial charge in [-0.05, 0) is 0 Å². The van der Waals surface area contributed by atoms with Crippen molar-refractivity contribution in [3.05, 3.63) is 11.2 Å². The molecule has 0 saturated carbocycles. The number of nitrogens with two attached hydrogens (primary N) is 1. The molecule has 0 aliphatic rings. The summed E-state index contributed by atoms with van der Waals surface area (Å²) in [5, 5.41) is 12.7. The van der Waals surface area contributed by atoms with E-state index in [2.05, 4.69) is 15.0 Å². The minimum atomic E-state index is -1.20. The first kappa shape index (κ1) is 9.46. The normalized spacial score (nSPS) is 11.3. The number of aliphatic carboxylic acids is 1. The first-order valence-corrected chi connectivity index (χ1v) is 4.03. The molecular weight excluding hydrogens is 194 g/mol. The molecular formula is C6H7N3O3S. The fraction of sp³-hybridized carbons (Fsp3) is 0.167. The number of anilines is 1. The van der Waals surface area contributed by atoms with Crippen molar-refractivity contribution in [2.45, 2.75) is 0 Å². The highest BCUT2D eigenvalue weighted by atomic mass is 32.1. The Hall–Kier alpha value is -1.63. The number of oxime groups is 1. The number of carboxylic acid groups (broad SMARTS) is 1. The van der Waals surface area contributed by atoms with E-state index in [4.69, 9.17) is 10.8 Å². The summed E-state index contributed by atoms with van der Waals surface area (Å²) in [6.07, 6.45) is 1.37. The number of aromatic nitrogens is 1. The number of nitrogen functional groups attached to an aromatic ring is 1. The molecule has 0 aromatic carbocycles. The quantitative estimate of drug-likeness (QED) is 0.536. The second-order valence-electron chi connectivity index (χ2n) is 2.00. The molecule has 0 aliphatic carbocycles. The predicted octanol–water partition coefficient (Wildman–Crippen LogP) is 0.160. The Bertz CT molecular complexity index is 347. The molecule has 3 N–H and O–H groups in total. The largest absolute Gasteiger partial charge is 0.476 e. The van der Waals surface area contributed by atoms with Crippen LogP contribution in [-0.2, 0) is 9.63 Å². The Morgan fingerprint density at radius 1 is 1.85 bits per heavy atom. The topological polar surface area (TPSA) is 97.8 Å². The summed E-state index contributed by atoms with van der Waals surface area (Å²) in [4.78, 5) is 18.7. The third kappa shape index (κ3) is 2.15. The Labute approximate surface area is 77.6 Å². The first-order valence-electron chi connectivity index (χ1n) is 3.21. The summed E-state index contributed by atoms with van der Waals surface area (Å²) in [5.41, 5.74) is 5.13. The molecule has 1 aromatic heterocycles. The average Bonchev–Trinajstić information content (AvgIpc) is 2.46. The monoisotopic (exact) mass is 201 g/mol. The maximum atomic E-state index is 10.6. The van der Waals surface area contributed by atoms with E-state index in [1.807, 2.05) is 0 Å². The highest BCUT2D eigenvalue weighted by Gasteiger charge is 2.17. The van der Waals surface area contributed by atoms with Gasteiger partial charge in [0.1, 0.15) is 12.1 Å². The van der Waals surface area contributed by atoms with E-state index in [-0.39, 0.29) is 10.7 Å². The second kappa shape index (κ2) is 3.85. The molecule has 0 unspecified atom stereocenters. The summed E-state index contributed by atoms with van der Waals surface area (Å²) < 4.78 is 0. The number of thiazole rings is 1. The van der Waals surface area contributed by atoms with E-state index in [1.165, 1.54) is 13.3 Å². The molecule has 0 amide bonds. The van der Waals surface area contributed by atoms with Crippen molar-refractivity contribution < 1.29 is 14.7 Å². The molecule has 0 bridgehead atoms. The van der Waals surface area contributed by atoms with Gasteiger partial charge < -0.3 is 15.7 Å². The van der Waals surface area contributed by atoms with Crippen LogP contribution in [0.25, 0.3) is 0 Å². The van der Waals surface area contributed by atoms with Gasteiger partial charge in [0.25, 0.3) is 0 Å². The summed E-state index contributed by atoms with van der Waals surface area (Å²) in [7, 11) is 1.26. The first-order chi connectivity index (χ1) is 6.15. The van der Waals surface area contributed by atoms with Crippen molar-refractivity contribution in [1.82, 2.24) is 4.98 Å².